The molecule has 0 heterocycles. The van der Waals surface area contributed by atoms with Gasteiger partial charge in [-0.3, -0.25) is 0 Å². The van der Waals surface area contributed by atoms with Crippen molar-refractivity contribution in [3.63, 3.8) is 0 Å². The van der Waals surface area contributed by atoms with E-state index in [-0.39, 0.29) is 5.92 Å². The second kappa shape index (κ2) is 12.1. The van der Waals surface area contributed by atoms with E-state index in [2.05, 4.69) is 54.8 Å². The van der Waals surface area contributed by atoms with E-state index >= 15 is 0 Å². The van der Waals surface area contributed by atoms with Crippen LogP contribution in [-0.4, -0.2) is 25.2 Å². The second-order valence-corrected chi connectivity index (χ2v) is 8.57. The Labute approximate surface area is 200 Å². The van der Waals surface area contributed by atoms with Crippen molar-refractivity contribution < 1.29 is 9.53 Å². The molecule has 2 N–H and O–H groups in total. The standard InChI is InChI=1S/C27H28ClN3O2/c1-19(2)30-15-14-24(18-31-27(32)33-26-12-10-25(28)11-13-26)22-8-6-21(7-9-22)23-5-3-4-20(16-23)17-29/h3-13,16,19,24,30H,14-15,18H2,1-2H3,(H,31,32)/t24-/m1/s1. The number of amides is 1. The van der Waals surface area contributed by atoms with Crippen LogP contribution in [0, 0.1) is 11.3 Å². The Balaban J connectivity index is 1.67. The Hall–Kier alpha value is -3.33. The lowest BCUT2D eigenvalue weighted by Gasteiger charge is -2.20. The minimum atomic E-state index is -0.496. The van der Waals surface area contributed by atoms with Gasteiger partial charge in [0.25, 0.3) is 0 Å². The number of carbonyl (C=O) groups is 1. The van der Waals surface area contributed by atoms with Crippen LogP contribution in [0.1, 0.15) is 37.3 Å². The van der Waals surface area contributed by atoms with Gasteiger partial charge in [-0.2, -0.15) is 5.26 Å². The van der Waals surface area contributed by atoms with Gasteiger partial charge in [0.2, 0.25) is 0 Å². The fourth-order valence-electron chi connectivity index (χ4n) is 3.50. The molecule has 0 aliphatic rings. The Kier molecular flexibility index (Phi) is 8.88. The molecule has 0 spiro atoms. The molecule has 0 bridgehead atoms. The van der Waals surface area contributed by atoms with Crippen LogP contribution in [-0.2, 0) is 0 Å². The van der Waals surface area contributed by atoms with Crippen molar-refractivity contribution in [3.8, 4) is 22.9 Å². The van der Waals surface area contributed by atoms with Gasteiger partial charge in [-0.1, -0.05) is 61.8 Å². The van der Waals surface area contributed by atoms with Gasteiger partial charge in [0.05, 0.1) is 11.6 Å². The highest BCUT2D eigenvalue weighted by Crippen LogP contribution is 2.25. The predicted molar refractivity (Wildman–Crippen MR) is 133 cm³/mol. The lowest BCUT2D eigenvalue weighted by atomic mass is 9.93. The zero-order valence-electron chi connectivity index (χ0n) is 18.8. The highest BCUT2D eigenvalue weighted by Gasteiger charge is 2.15. The molecule has 0 aliphatic carbocycles. The van der Waals surface area contributed by atoms with Crippen molar-refractivity contribution >= 4 is 17.7 Å². The van der Waals surface area contributed by atoms with Crippen LogP contribution < -0.4 is 15.4 Å². The Bertz CT molecular complexity index is 1090. The molecule has 0 saturated heterocycles. The van der Waals surface area contributed by atoms with Crippen LogP contribution >= 0.6 is 11.6 Å². The molecule has 0 aliphatic heterocycles. The third-order valence-corrected chi connectivity index (χ3v) is 5.52. The number of hydrogen-bond acceptors (Lipinski definition) is 4. The molecule has 1 atom stereocenters. The van der Waals surface area contributed by atoms with Crippen molar-refractivity contribution in [1.82, 2.24) is 10.6 Å². The van der Waals surface area contributed by atoms with Crippen molar-refractivity contribution in [1.29, 1.82) is 5.26 Å². The molecule has 3 aromatic rings. The third kappa shape index (κ3) is 7.64. The number of carbonyl (C=O) groups excluding carboxylic acids is 1. The lowest BCUT2D eigenvalue weighted by Crippen LogP contribution is -2.33. The molecule has 6 heteroatoms. The smallest absolute Gasteiger partial charge is 0.410 e. The number of halogens is 1. The molecule has 0 fully saturated rings. The van der Waals surface area contributed by atoms with Crippen molar-refractivity contribution in [2.24, 2.45) is 0 Å². The average Bonchev–Trinajstić information content (AvgIpc) is 2.82. The molecule has 33 heavy (non-hydrogen) atoms. The summed E-state index contributed by atoms with van der Waals surface area (Å²) in [4.78, 5) is 12.3. The van der Waals surface area contributed by atoms with Crippen LogP contribution in [0.2, 0.25) is 5.02 Å². The molecule has 0 radical (unpaired) electrons. The minimum absolute atomic E-state index is 0.119. The maximum Gasteiger partial charge on any atom is 0.412 e. The van der Waals surface area contributed by atoms with Crippen LogP contribution in [0.3, 0.4) is 0 Å². The van der Waals surface area contributed by atoms with E-state index in [9.17, 15) is 4.79 Å². The van der Waals surface area contributed by atoms with Crippen LogP contribution in [0.5, 0.6) is 5.75 Å². The maximum absolute atomic E-state index is 12.3. The Morgan fingerprint density at radius 3 is 2.42 bits per heavy atom. The van der Waals surface area contributed by atoms with E-state index in [1.165, 1.54) is 0 Å². The first kappa shape index (κ1) is 24.3. The number of nitrogens with one attached hydrogen (secondary N) is 2. The normalized spacial score (nSPS) is 11.6. The molecule has 0 saturated carbocycles. The summed E-state index contributed by atoms with van der Waals surface area (Å²) in [5, 5.41) is 16.1. The number of hydrogen-bond donors (Lipinski definition) is 2. The van der Waals surface area contributed by atoms with E-state index in [4.69, 9.17) is 21.6 Å². The van der Waals surface area contributed by atoms with E-state index in [1.807, 2.05) is 18.2 Å². The van der Waals surface area contributed by atoms with E-state index in [0.717, 1.165) is 29.7 Å². The molecular weight excluding hydrogens is 434 g/mol. The van der Waals surface area contributed by atoms with E-state index in [0.29, 0.717) is 28.9 Å². The van der Waals surface area contributed by atoms with Gasteiger partial charge in [-0.05, 0) is 66.1 Å². The number of nitrogens with zero attached hydrogens (tertiary/aromatic N) is 1. The van der Waals surface area contributed by atoms with E-state index in [1.54, 1.807) is 30.3 Å². The van der Waals surface area contributed by atoms with Gasteiger partial charge in [0.15, 0.2) is 0 Å². The highest BCUT2D eigenvalue weighted by molar-refractivity contribution is 6.30. The summed E-state index contributed by atoms with van der Waals surface area (Å²) in [5.74, 6) is 0.562. The summed E-state index contributed by atoms with van der Waals surface area (Å²) in [6.45, 7) is 5.51. The first-order valence-electron chi connectivity index (χ1n) is 11.0. The zero-order valence-corrected chi connectivity index (χ0v) is 19.6. The molecule has 3 rings (SSSR count). The summed E-state index contributed by atoms with van der Waals surface area (Å²) in [6, 6.07) is 25.1. The molecule has 1 amide bonds. The third-order valence-electron chi connectivity index (χ3n) is 5.27. The van der Waals surface area contributed by atoms with Gasteiger partial charge in [-0.15, -0.1) is 0 Å². The fourth-order valence-corrected chi connectivity index (χ4v) is 3.63. The summed E-state index contributed by atoms with van der Waals surface area (Å²) in [7, 11) is 0. The number of nitriles is 1. The summed E-state index contributed by atoms with van der Waals surface area (Å²) in [6.07, 6.45) is 0.368. The van der Waals surface area contributed by atoms with Crippen molar-refractivity contribution in [2.45, 2.75) is 32.2 Å². The van der Waals surface area contributed by atoms with Crippen LogP contribution in [0.25, 0.3) is 11.1 Å². The molecular formula is C27H28ClN3O2. The fraction of sp³-hybridized carbons (Fsp3) is 0.259. The lowest BCUT2D eigenvalue weighted by molar-refractivity contribution is 0.199. The topological polar surface area (TPSA) is 74.2 Å². The van der Waals surface area contributed by atoms with Crippen LogP contribution in [0.4, 0.5) is 4.79 Å². The van der Waals surface area contributed by atoms with Gasteiger partial charge >= 0.3 is 6.09 Å². The molecule has 170 valence electrons. The largest absolute Gasteiger partial charge is 0.412 e. The molecule has 5 nitrogen and oxygen atoms in total. The number of ether oxygens (including phenoxy) is 1. The Morgan fingerprint density at radius 1 is 1.03 bits per heavy atom. The maximum atomic E-state index is 12.3. The van der Waals surface area contributed by atoms with E-state index < -0.39 is 6.09 Å². The first-order chi connectivity index (χ1) is 15.9. The highest BCUT2D eigenvalue weighted by atomic mass is 35.5. The summed E-state index contributed by atoms with van der Waals surface area (Å²) in [5.41, 5.74) is 3.82. The van der Waals surface area contributed by atoms with Gasteiger partial charge in [-0.25, -0.2) is 4.79 Å². The SMILES string of the molecule is CC(C)NCC[C@H](CNC(=O)Oc1ccc(Cl)cc1)c1ccc(-c2cccc(C#N)c2)cc1. The average molecular weight is 462 g/mol. The van der Waals surface area contributed by atoms with Crippen molar-refractivity contribution in [3.05, 3.63) is 88.9 Å². The van der Waals surface area contributed by atoms with Gasteiger partial charge in [0, 0.05) is 23.5 Å². The summed E-state index contributed by atoms with van der Waals surface area (Å²) < 4.78 is 5.35. The molecule has 0 unspecified atom stereocenters. The number of benzene rings is 3. The Morgan fingerprint density at radius 2 is 1.76 bits per heavy atom. The minimum Gasteiger partial charge on any atom is -0.410 e. The predicted octanol–water partition coefficient (Wildman–Crippen LogP) is 6.14. The number of rotatable bonds is 9. The molecule has 0 aromatic heterocycles. The zero-order chi connectivity index (χ0) is 23.6. The van der Waals surface area contributed by atoms with Gasteiger partial charge < -0.3 is 15.4 Å². The van der Waals surface area contributed by atoms with Crippen molar-refractivity contribution in [2.75, 3.05) is 13.1 Å². The quantitative estimate of drug-likeness (QED) is 0.401. The van der Waals surface area contributed by atoms with Crippen LogP contribution in [0.15, 0.2) is 72.8 Å². The molecule has 3 aromatic carbocycles. The second-order valence-electron chi connectivity index (χ2n) is 8.13. The van der Waals surface area contributed by atoms with Gasteiger partial charge in [0.1, 0.15) is 5.75 Å². The monoisotopic (exact) mass is 461 g/mol. The summed E-state index contributed by atoms with van der Waals surface area (Å²) >= 11 is 5.88. The first-order valence-corrected chi connectivity index (χ1v) is 11.4.